The number of nitrogens with zero attached hydrogens (tertiary/aromatic N) is 2. The van der Waals surface area contributed by atoms with E-state index >= 15 is 0 Å². The molecule has 0 saturated heterocycles. The third-order valence-corrected chi connectivity index (χ3v) is 14.4. The molecule has 12 rings (SSSR count). The van der Waals surface area contributed by atoms with Gasteiger partial charge in [-0.15, -0.1) is 22.7 Å². The predicted molar refractivity (Wildman–Crippen MR) is 252 cm³/mol. The number of aromatic nitrogens is 1. The first kappa shape index (κ1) is 33.4. The highest BCUT2D eigenvalue weighted by Crippen LogP contribution is 2.45. The fourth-order valence-electron chi connectivity index (χ4n) is 9.24. The number of fused-ring (bicyclic) bond motifs is 9. The minimum atomic E-state index is 0.926. The van der Waals surface area contributed by atoms with Crippen LogP contribution in [0.15, 0.2) is 200 Å². The molecule has 4 heteroatoms. The van der Waals surface area contributed by atoms with Crippen molar-refractivity contribution < 1.29 is 0 Å². The summed E-state index contributed by atoms with van der Waals surface area (Å²) in [7, 11) is 0. The standard InChI is InChI=1S/C54H36N2S2/c1-2-12-37(13-3-1)56-49-21-7-4-14-43(49)44-33-32-40(34-50(44)56)55(38-28-24-35(25-29-38)41-17-10-19-47-45-15-5-8-22-51(45)57-53(41)47)39-30-26-36(27-31-39)42-18-11-20-48-46-16-6-9-23-52(46)58-54(42)48/h1-26,28-30,32-34H,27,31H2. The van der Waals surface area contributed by atoms with E-state index in [1.807, 2.05) is 22.7 Å². The van der Waals surface area contributed by atoms with E-state index in [4.69, 9.17) is 0 Å². The molecule has 3 aromatic heterocycles. The first-order chi connectivity index (χ1) is 28.8. The molecule has 8 aromatic carbocycles. The van der Waals surface area contributed by atoms with E-state index < -0.39 is 0 Å². The monoisotopic (exact) mass is 776 g/mol. The molecule has 0 aliphatic heterocycles. The van der Waals surface area contributed by atoms with Gasteiger partial charge in [-0.25, -0.2) is 0 Å². The van der Waals surface area contributed by atoms with Crippen molar-refractivity contribution in [3.63, 3.8) is 0 Å². The number of allylic oxidation sites excluding steroid dienone is 4. The first-order valence-electron chi connectivity index (χ1n) is 20.0. The van der Waals surface area contributed by atoms with E-state index in [1.54, 1.807) is 0 Å². The van der Waals surface area contributed by atoms with E-state index in [1.165, 1.54) is 90.1 Å². The van der Waals surface area contributed by atoms with Gasteiger partial charge in [0.2, 0.25) is 0 Å². The van der Waals surface area contributed by atoms with Gasteiger partial charge in [-0.1, -0.05) is 133 Å². The molecular formula is C54H36N2S2. The molecule has 0 bridgehead atoms. The van der Waals surface area contributed by atoms with Gasteiger partial charge in [0, 0.05) is 73.9 Å². The molecule has 0 amide bonds. The molecule has 0 radical (unpaired) electrons. The fraction of sp³-hybridized carbons (Fsp3) is 0.0370. The van der Waals surface area contributed by atoms with E-state index in [2.05, 4.69) is 204 Å². The topological polar surface area (TPSA) is 8.17 Å². The second-order valence-electron chi connectivity index (χ2n) is 15.2. The second-order valence-corrected chi connectivity index (χ2v) is 17.3. The van der Waals surface area contributed by atoms with Crippen LogP contribution in [0.25, 0.3) is 84.5 Å². The molecule has 0 saturated carbocycles. The van der Waals surface area contributed by atoms with Crippen molar-refractivity contribution in [3.8, 4) is 16.8 Å². The molecule has 11 aromatic rings. The Morgan fingerprint density at radius 2 is 1.00 bits per heavy atom. The Bertz CT molecular complexity index is 3450. The van der Waals surface area contributed by atoms with Crippen LogP contribution in [0.1, 0.15) is 18.4 Å². The average molecular weight is 777 g/mol. The van der Waals surface area contributed by atoms with Gasteiger partial charge in [0.25, 0.3) is 0 Å². The maximum absolute atomic E-state index is 2.49. The normalized spacial score (nSPS) is 13.2. The molecule has 274 valence electrons. The summed E-state index contributed by atoms with van der Waals surface area (Å²) < 4.78 is 7.82. The van der Waals surface area contributed by atoms with E-state index in [-0.39, 0.29) is 0 Å². The number of anilines is 2. The average Bonchev–Trinajstić information content (AvgIpc) is 3.97. The van der Waals surface area contributed by atoms with Crippen molar-refractivity contribution in [1.29, 1.82) is 0 Å². The fourth-order valence-corrected chi connectivity index (χ4v) is 11.7. The smallest absolute Gasteiger partial charge is 0.0561 e. The van der Waals surface area contributed by atoms with Gasteiger partial charge in [0.15, 0.2) is 0 Å². The predicted octanol–water partition coefficient (Wildman–Crippen LogP) is 16.1. The SMILES string of the molecule is C1=C(c2cccc3c2sc2ccccc23)CCC(N(c2ccc(-c3cccc4c3sc3ccccc34)cc2)c2ccc3c4ccccc4n(-c4ccccc4)c3c2)=C1. The lowest BCUT2D eigenvalue weighted by Crippen LogP contribution is -2.18. The molecule has 58 heavy (non-hydrogen) atoms. The van der Waals surface area contributed by atoms with Crippen LogP contribution in [-0.4, -0.2) is 4.57 Å². The van der Waals surface area contributed by atoms with Gasteiger partial charge in [-0.3, -0.25) is 0 Å². The molecular weight excluding hydrogens is 741 g/mol. The van der Waals surface area contributed by atoms with Crippen LogP contribution in [0.5, 0.6) is 0 Å². The molecule has 0 fully saturated rings. The zero-order valence-electron chi connectivity index (χ0n) is 31.6. The van der Waals surface area contributed by atoms with Crippen LogP contribution in [0.3, 0.4) is 0 Å². The lowest BCUT2D eigenvalue weighted by molar-refractivity contribution is 0.931. The molecule has 0 unspecified atom stereocenters. The number of benzene rings is 8. The number of hydrogen-bond acceptors (Lipinski definition) is 3. The minimum Gasteiger partial charge on any atom is -0.314 e. The van der Waals surface area contributed by atoms with Crippen molar-refractivity contribution >= 4 is 102 Å². The van der Waals surface area contributed by atoms with Crippen molar-refractivity contribution in [2.75, 3.05) is 4.90 Å². The molecule has 0 N–H and O–H groups in total. The van der Waals surface area contributed by atoms with E-state index in [0.717, 1.165) is 29.9 Å². The van der Waals surface area contributed by atoms with Gasteiger partial charge >= 0.3 is 0 Å². The highest BCUT2D eigenvalue weighted by atomic mass is 32.1. The van der Waals surface area contributed by atoms with Gasteiger partial charge < -0.3 is 9.47 Å². The van der Waals surface area contributed by atoms with Crippen molar-refractivity contribution in [2.45, 2.75) is 12.8 Å². The van der Waals surface area contributed by atoms with E-state index in [9.17, 15) is 0 Å². The summed E-state index contributed by atoms with van der Waals surface area (Å²) in [5.41, 5.74) is 12.4. The zero-order valence-corrected chi connectivity index (χ0v) is 33.2. The van der Waals surface area contributed by atoms with Crippen LogP contribution in [-0.2, 0) is 0 Å². The summed E-state index contributed by atoms with van der Waals surface area (Å²) in [6, 6.07) is 66.9. The van der Waals surface area contributed by atoms with Gasteiger partial charge in [-0.05, 0) is 95.8 Å². The summed E-state index contributed by atoms with van der Waals surface area (Å²) in [5, 5.41) is 7.87. The number of thiophene rings is 2. The van der Waals surface area contributed by atoms with Crippen molar-refractivity contribution in [2.24, 2.45) is 0 Å². The Morgan fingerprint density at radius 1 is 0.414 bits per heavy atom. The van der Waals surface area contributed by atoms with Crippen LogP contribution in [0.4, 0.5) is 11.4 Å². The Balaban J connectivity index is 1.01. The Labute approximate surface area is 344 Å². The summed E-state index contributed by atoms with van der Waals surface area (Å²) in [5.74, 6) is 0. The third-order valence-electron chi connectivity index (χ3n) is 11.9. The maximum atomic E-state index is 2.49. The lowest BCUT2D eigenvalue weighted by Gasteiger charge is -2.30. The molecule has 2 nitrogen and oxygen atoms in total. The second kappa shape index (κ2) is 13.5. The quantitative estimate of drug-likeness (QED) is 0.163. The van der Waals surface area contributed by atoms with Gasteiger partial charge in [0.05, 0.1) is 11.0 Å². The lowest BCUT2D eigenvalue weighted by atomic mass is 9.93. The molecule has 1 aliphatic carbocycles. The summed E-state index contributed by atoms with van der Waals surface area (Å²) in [6.07, 6.45) is 6.64. The minimum absolute atomic E-state index is 0.926. The zero-order chi connectivity index (χ0) is 38.2. The van der Waals surface area contributed by atoms with E-state index in [0.29, 0.717) is 0 Å². The molecule has 1 aliphatic rings. The van der Waals surface area contributed by atoms with Crippen molar-refractivity contribution in [3.05, 3.63) is 205 Å². The van der Waals surface area contributed by atoms with Crippen LogP contribution in [0, 0.1) is 0 Å². The Kier molecular flexibility index (Phi) is 7.75. The van der Waals surface area contributed by atoms with Crippen LogP contribution >= 0.6 is 22.7 Å². The summed E-state index contributed by atoms with van der Waals surface area (Å²) in [6.45, 7) is 0. The number of hydrogen-bond donors (Lipinski definition) is 0. The van der Waals surface area contributed by atoms with Crippen LogP contribution in [0.2, 0.25) is 0 Å². The Morgan fingerprint density at radius 3 is 1.71 bits per heavy atom. The van der Waals surface area contributed by atoms with Crippen LogP contribution < -0.4 is 4.90 Å². The van der Waals surface area contributed by atoms with Gasteiger partial charge in [0.1, 0.15) is 0 Å². The summed E-state index contributed by atoms with van der Waals surface area (Å²) >= 11 is 3.80. The molecule has 0 spiro atoms. The number of para-hydroxylation sites is 2. The van der Waals surface area contributed by atoms with Crippen molar-refractivity contribution in [1.82, 2.24) is 4.57 Å². The summed E-state index contributed by atoms with van der Waals surface area (Å²) in [4.78, 5) is 2.49. The number of rotatable bonds is 6. The highest BCUT2D eigenvalue weighted by Gasteiger charge is 2.22. The van der Waals surface area contributed by atoms with Gasteiger partial charge in [-0.2, -0.15) is 0 Å². The molecule has 3 heterocycles. The molecule has 0 atom stereocenters. The third kappa shape index (κ3) is 5.30. The Hall–Kier alpha value is -6.72. The highest BCUT2D eigenvalue weighted by molar-refractivity contribution is 7.26. The largest absolute Gasteiger partial charge is 0.314 e. The first-order valence-corrected chi connectivity index (χ1v) is 21.6. The maximum Gasteiger partial charge on any atom is 0.0561 e.